The minimum absolute atomic E-state index is 0.0452. The van der Waals surface area contributed by atoms with E-state index in [2.05, 4.69) is 11.8 Å². The van der Waals surface area contributed by atoms with Crippen molar-refractivity contribution in [1.29, 1.82) is 0 Å². The van der Waals surface area contributed by atoms with E-state index < -0.39 is 0 Å². The summed E-state index contributed by atoms with van der Waals surface area (Å²) in [5.41, 5.74) is 1.01. The lowest BCUT2D eigenvalue weighted by atomic mass is 10.0. The first-order chi connectivity index (χ1) is 8.16. The van der Waals surface area contributed by atoms with Crippen LogP contribution in [0.15, 0.2) is 24.3 Å². The summed E-state index contributed by atoms with van der Waals surface area (Å²) < 4.78 is 12.8. The van der Waals surface area contributed by atoms with Crippen LogP contribution in [0.2, 0.25) is 0 Å². The van der Waals surface area contributed by atoms with Crippen LogP contribution in [0.1, 0.15) is 37.1 Å². The fraction of sp³-hybridized carbons (Fsp3) is 0.571. The summed E-state index contributed by atoms with van der Waals surface area (Å²) in [6.45, 7) is 4.24. The van der Waals surface area contributed by atoms with Crippen LogP contribution in [0.5, 0.6) is 0 Å². The van der Waals surface area contributed by atoms with Crippen molar-refractivity contribution in [2.24, 2.45) is 0 Å². The maximum Gasteiger partial charge on any atom is 0.123 e. The number of rotatable bonds is 3. The van der Waals surface area contributed by atoms with Crippen LogP contribution in [-0.4, -0.2) is 24.0 Å². The summed E-state index contributed by atoms with van der Waals surface area (Å²) in [5, 5.41) is -0.0452. The first kappa shape index (κ1) is 12.8. The Labute approximate surface area is 108 Å². The van der Waals surface area contributed by atoms with Crippen LogP contribution < -0.4 is 0 Å². The monoisotopic (exact) mass is 255 g/mol. The van der Waals surface area contributed by atoms with E-state index in [1.165, 1.54) is 31.4 Å². The third-order valence-corrected chi connectivity index (χ3v) is 3.96. The van der Waals surface area contributed by atoms with E-state index in [1.54, 1.807) is 12.1 Å². The zero-order valence-electron chi connectivity index (χ0n) is 10.2. The molecular weight excluding hydrogens is 237 g/mol. The summed E-state index contributed by atoms with van der Waals surface area (Å²) in [5.74, 6) is -0.205. The highest BCUT2D eigenvalue weighted by atomic mass is 35.5. The number of hydrogen-bond donors (Lipinski definition) is 0. The Bertz CT molecular complexity index is 352. The summed E-state index contributed by atoms with van der Waals surface area (Å²) in [7, 11) is 0. The van der Waals surface area contributed by atoms with Crippen LogP contribution in [0, 0.1) is 5.82 Å². The molecule has 1 aromatic carbocycles. The van der Waals surface area contributed by atoms with Crippen molar-refractivity contribution in [2.75, 3.05) is 13.1 Å². The van der Waals surface area contributed by atoms with E-state index in [0.717, 1.165) is 18.7 Å². The van der Waals surface area contributed by atoms with Crippen LogP contribution in [-0.2, 0) is 0 Å². The van der Waals surface area contributed by atoms with Crippen molar-refractivity contribution in [1.82, 2.24) is 4.90 Å². The van der Waals surface area contributed by atoms with Gasteiger partial charge in [-0.15, -0.1) is 11.6 Å². The minimum atomic E-state index is -0.205. The first-order valence-electron chi connectivity index (χ1n) is 6.30. The number of halogens is 2. The van der Waals surface area contributed by atoms with Gasteiger partial charge in [-0.2, -0.15) is 0 Å². The fourth-order valence-electron chi connectivity index (χ4n) is 2.41. The van der Waals surface area contributed by atoms with Crippen LogP contribution in [0.4, 0.5) is 4.39 Å². The second-order valence-corrected chi connectivity index (χ2v) is 5.39. The first-order valence-corrected chi connectivity index (χ1v) is 6.74. The average Bonchev–Trinajstić information content (AvgIpc) is 2.33. The topological polar surface area (TPSA) is 3.24 Å². The molecule has 2 unspecified atom stereocenters. The Morgan fingerprint density at radius 1 is 1.35 bits per heavy atom. The van der Waals surface area contributed by atoms with Crippen molar-refractivity contribution in [3.05, 3.63) is 35.6 Å². The van der Waals surface area contributed by atoms with Gasteiger partial charge in [0, 0.05) is 12.6 Å². The molecule has 0 aliphatic carbocycles. The number of nitrogens with zero attached hydrogens (tertiary/aromatic N) is 1. The SMILES string of the molecule is CC1CCCCN1CC(Cl)c1ccc(F)cc1. The van der Waals surface area contributed by atoms with Crippen LogP contribution >= 0.6 is 11.6 Å². The number of hydrogen-bond acceptors (Lipinski definition) is 1. The molecule has 1 nitrogen and oxygen atoms in total. The molecular formula is C14H19ClFN. The molecule has 94 valence electrons. The van der Waals surface area contributed by atoms with E-state index in [-0.39, 0.29) is 11.2 Å². The van der Waals surface area contributed by atoms with E-state index in [1.807, 2.05) is 0 Å². The molecule has 0 spiro atoms. The number of benzene rings is 1. The highest BCUT2D eigenvalue weighted by Crippen LogP contribution is 2.25. The molecule has 1 fully saturated rings. The summed E-state index contributed by atoms with van der Waals surface area (Å²) in [4.78, 5) is 2.44. The van der Waals surface area contributed by atoms with Crippen molar-refractivity contribution in [3.8, 4) is 0 Å². The van der Waals surface area contributed by atoms with Gasteiger partial charge in [-0.3, -0.25) is 4.90 Å². The van der Waals surface area contributed by atoms with Crippen LogP contribution in [0.3, 0.4) is 0 Å². The molecule has 1 aliphatic heterocycles. The molecule has 1 saturated heterocycles. The Hall–Kier alpha value is -0.600. The molecule has 0 bridgehead atoms. The number of likely N-dealkylation sites (tertiary alicyclic amines) is 1. The molecule has 1 aromatic rings. The van der Waals surface area contributed by atoms with E-state index in [4.69, 9.17) is 11.6 Å². The molecule has 1 aliphatic rings. The Morgan fingerprint density at radius 2 is 2.06 bits per heavy atom. The molecule has 2 rings (SSSR count). The lowest BCUT2D eigenvalue weighted by Gasteiger charge is -2.34. The minimum Gasteiger partial charge on any atom is -0.299 e. The molecule has 0 aromatic heterocycles. The Morgan fingerprint density at radius 3 is 2.71 bits per heavy atom. The third kappa shape index (κ3) is 3.43. The smallest absolute Gasteiger partial charge is 0.123 e. The van der Waals surface area contributed by atoms with E-state index in [0.29, 0.717) is 6.04 Å². The molecule has 17 heavy (non-hydrogen) atoms. The molecule has 0 N–H and O–H groups in total. The zero-order valence-corrected chi connectivity index (χ0v) is 11.0. The van der Waals surface area contributed by atoms with Crippen LogP contribution in [0.25, 0.3) is 0 Å². The number of piperidine rings is 1. The molecule has 1 heterocycles. The molecule has 3 heteroatoms. The molecule has 2 atom stereocenters. The predicted molar refractivity (Wildman–Crippen MR) is 69.9 cm³/mol. The van der Waals surface area contributed by atoms with Crippen molar-refractivity contribution in [2.45, 2.75) is 37.6 Å². The van der Waals surface area contributed by atoms with E-state index >= 15 is 0 Å². The van der Waals surface area contributed by atoms with Gasteiger partial charge in [0.15, 0.2) is 0 Å². The maximum absolute atomic E-state index is 12.8. The average molecular weight is 256 g/mol. The predicted octanol–water partition coefficient (Wildman–Crippen LogP) is 3.98. The largest absolute Gasteiger partial charge is 0.299 e. The van der Waals surface area contributed by atoms with Gasteiger partial charge in [0.1, 0.15) is 5.82 Å². The standard InChI is InChI=1S/C14H19ClFN/c1-11-4-2-3-9-17(11)10-14(15)12-5-7-13(16)8-6-12/h5-8,11,14H,2-4,9-10H2,1H3. The highest BCUT2D eigenvalue weighted by Gasteiger charge is 2.21. The van der Waals surface area contributed by atoms with Gasteiger partial charge in [0.2, 0.25) is 0 Å². The maximum atomic E-state index is 12.8. The fourth-order valence-corrected chi connectivity index (χ4v) is 2.73. The molecule has 0 amide bonds. The summed E-state index contributed by atoms with van der Waals surface area (Å²) in [6.07, 6.45) is 3.84. The van der Waals surface area contributed by atoms with Gasteiger partial charge in [-0.25, -0.2) is 4.39 Å². The Balaban J connectivity index is 1.95. The lowest BCUT2D eigenvalue weighted by Crippen LogP contribution is -2.39. The van der Waals surface area contributed by atoms with Crippen molar-refractivity contribution in [3.63, 3.8) is 0 Å². The van der Waals surface area contributed by atoms with Gasteiger partial charge in [-0.1, -0.05) is 18.6 Å². The summed E-state index contributed by atoms with van der Waals surface area (Å²) in [6, 6.07) is 7.13. The summed E-state index contributed by atoms with van der Waals surface area (Å²) >= 11 is 6.39. The van der Waals surface area contributed by atoms with Gasteiger partial charge in [0.25, 0.3) is 0 Å². The van der Waals surface area contributed by atoms with Gasteiger partial charge in [0.05, 0.1) is 5.38 Å². The quantitative estimate of drug-likeness (QED) is 0.739. The van der Waals surface area contributed by atoms with Gasteiger partial charge in [-0.05, 0) is 44.0 Å². The lowest BCUT2D eigenvalue weighted by molar-refractivity contribution is 0.161. The molecule has 0 saturated carbocycles. The second-order valence-electron chi connectivity index (χ2n) is 4.86. The van der Waals surface area contributed by atoms with Crippen molar-refractivity contribution >= 4 is 11.6 Å². The Kier molecular flexibility index (Phi) is 4.41. The third-order valence-electron chi connectivity index (χ3n) is 3.57. The normalized spacial score (nSPS) is 23.6. The van der Waals surface area contributed by atoms with Crippen molar-refractivity contribution < 1.29 is 4.39 Å². The number of alkyl halides is 1. The van der Waals surface area contributed by atoms with Gasteiger partial charge < -0.3 is 0 Å². The highest BCUT2D eigenvalue weighted by molar-refractivity contribution is 6.21. The molecule has 0 radical (unpaired) electrons. The second kappa shape index (κ2) is 5.83. The van der Waals surface area contributed by atoms with Gasteiger partial charge >= 0.3 is 0 Å². The zero-order chi connectivity index (χ0) is 12.3. The van der Waals surface area contributed by atoms with E-state index in [9.17, 15) is 4.39 Å².